The Morgan fingerprint density at radius 2 is 1.90 bits per heavy atom. The molecule has 0 unspecified atom stereocenters. The minimum absolute atomic E-state index is 0.0244. The first-order chi connectivity index (χ1) is 9.27. The monoisotopic (exact) mass is 302 g/mol. The van der Waals surface area contributed by atoms with Crippen molar-refractivity contribution in [2.24, 2.45) is 0 Å². The minimum atomic E-state index is -4.54. The SMILES string of the molecule is Cc1nc(N)ccc1Oc1ccc(Cl)c(C(F)(F)F)c1. The van der Waals surface area contributed by atoms with Crippen LogP contribution in [0.2, 0.25) is 5.02 Å². The predicted molar refractivity (Wildman–Crippen MR) is 69.9 cm³/mol. The smallest absolute Gasteiger partial charge is 0.417 e. The summed E-state index contributed by atoms with van der Waals surface area (Å²) in [6.45, 7) is 1.65. The van der Waals surface area contributed by atoms with Crippen molar-refractivity contribution in [1.82, 2.24) is 4.98 Å². The minimum Gasteiger partial charge on any atom is -0.455 e. The normalized spacial score (nSPS) is 11.4. The highest BCUT2D eigenvalue weighted by molar-refractivity contribution is 6.31. The van der Waals surface area contributed by atoms with Crippen LogP contribution < -0.4 is 10.5 Å². The molecule has 2 rings (SSSR count). The predicted octanol–water partition coefficient (Wildman–Crippen LogP) is 4.44. The maximum absolute atomic E-state index is 12.7. The Labute approximate surface area is 118 Å². The van der Waals surface area contributed by atoms with Gasteiger partial charge in [-0.15, -0.1) is 0 Å². The number of halogens is 4. The molecule has 0 fully saturated rings. The Bertz CT molecular complexity index is 644. The van der Waals surface area contributed by atoms with Crippen LogP contribution in [0.15, 0.2) is 30.3 Å². The number of rotatable bonds is 2. The fourth-order valence-corrected chi connectivity index (χ4v) is 1.81. The van der Waals surface area contributed by atoms with Crippen molar-refractivity contribution in [3.05, 3.63) is 46.6 Å². The summed E-state index contributed by atoms with van der Waals surface area (Å²) < 4.78 is 43.6. The fraction of sp³-hybridized carbons (Fsp3) is 0.154. The zero-order valence-electron chi connectivity index (χ0n) is 10.3. The van der Waals surface area contributed by atoms with Gasteiger partial charge in [0.15, 0.2) is 0 Å². The number of aromatic nitrogens is 1. The van der Waals surface area contributed by atoms with E-state index in [1.807, 2.05) is 0 Å². The van der Waals surface area contributed by atoms with E-state index in [0.717, 1.165) is 12.1 Å². The zero-order valence-corrected chi connectivity index (χ0v) is 11.1. The lowest BCUT2D eigenvalue weighted by Crippen LogP contribution is -2.06. The van der Waals surface area contributed by atoms with E-state index in [1.165, 1.54) is 12.1 Å². The lowest BCUT2D eigenvalue weighted by Gasteiger charge is -2.12. The quantitative estimate of drug-likeness (QED) is 0.892. The molecule has 1 aromatic heterocycles. The van der Waals surface area contributed by atoms with Crippen LogP contribution in [0.4, 0.5) is 19.0 Å². The molecule has 106 valence electrons. The summed E-state index contributed by atoms with van der Waals surface area (Å²) in [5, 5.41) is -0.378. The molecule has 7 heteroatoms. The van der Waals surface area contributed by atoms with Gasteiger partial charge in [-0.2, -0.15) is 13.2 Å². The van der Waals surface area contributed by atoms with Gasteiger partial charge >= 0.3 is 6.18 Å². The molecule has 2 aromatic rings. The fourth-order valence-electron chi connectivity index (χ4n) is 1.59. The first-order valence-corrected chi connectivity index (χ1v) is 5.93. The van der Waals surface area contributed by atoms with Crippen LogP contribution in [0, 0.1) is 6.92 Å². The van der Waals surface area contributed by atoms with Gasteiger partial charge < -0.3 is 10.5 Å². The molecule has 0 atom stereocenters. The molecule has 0 amide bonds. The van der Waals surface area contributed by atoms with E-state index >= 15 is 0 Å². The number of pyridine rings is 1. The summed E-state index contributed by atoms with van der Waals surface area (Å²) in [7, 11) is 0. The molecule has 0 bridgehead atoms. The third-order valence-corrected chi connectivity index (χ3v) is 2.86. The van der Waals surface area contributed by atoms with Crippen LogP contribution in [-0.4, -0.2) is 4.98 Å². The molecule has 0 aliphatic heterocycles. The van der Waals surface area contributed by atoms with Crippen LogP contribution in [-0.2, 0) is 6.18 Å². The average Bonchev–Trinajstić information content (AvgIpc) is 2.33. The number of anilines is 1. The maximum Gasteiger partial charge on any atom is 0.417 e. The molecule has 1 heterocycles. The van der Waals surface area contributed by atoms with Crippen molar-refractivity contribution in [2.45, 2.75) is 13.1 Å². The van der Waals surface area contributed by atoms with Crippen molar-refractivity contribution in [2.75, 3.05) is 5.73 Å². The molecule has 0 saturated heterocycles. The van der Waals surface area contributed by atoms with E-state index in [9.17, 15) is 13.2 Å². The van der Waals surface area contributed by atoms with Gasteiger partial charge in [0, 0.05) is 0 Å². The maximum atomic E-state index is 12.7. The van der Waals surface area contributed by atoms with E-state index < -0.39 is 11.7 Å². The summed E-state index contributed by atoms with van der Waals surface area (Å²) in [5.41, 5.74) is 5.02. The van der Waals surface area contributed by atoms with Gasteiger partial charge in [0.1, 0.15) is 17.3 Å². The number of hydrogen-bond acceptors (Lipinski definition) is 3. The summed E-state index contributed by atoms with van der Waals surface area (Å²) in [5.74, 6) is 0.660. The number of nitrogens with two attached hydrogens (primary N) is 1. The molecule has 3 nitrogen and oxygen atoms in total. The number of aryl methyl sites for hydroxylation is 1. The number of ether oxygens (including phenoxy) is 1. The van der Waals surface area contributed by atoms with Gasteiger partial charge in [0.05, 0.1) is 16.3 Å². The highest BCUT2D eigenvalue weighted by atomic mass is 35.5. The van der Waals surface area contributed by atoms with Gasteiger partial charge in [-0.3, -0.25) is 0 Å². The van der Waals surface area contributed by atoms with Crippen LogP contribution in [0.5, 0.6) is 11.5 Å². The van der Waals surface area contributed by atoms with Crippen molar-refractivity contribution >= 4 is 17.4 Å². The molecule has 1 aromatic carbocycles. The van der Waals surface area contributed by atoms with Gasteiger partial charge in [0.25, 0.3) is 0 Å². The van der Waals surface area contributed by atoms with E-state index in [4.69, 9.17) is 22.1 Å². The molecular weight excluding hydrogens is 293 g/mol. The lowest BCUT2D eigenvalue weighted by atomic mass is 10.2. The summed E-state index contributed by atoms with van der Waals surface area (Å²) in [4.78, 5) is 3.96. The van der Waals surface area contributed by atoms with Gasteiger partial charge in [-0.1, -0.05) is 11.6 Å². The largest absolute Gasteiger partial charge is 0.455 e. The van der Waals surface area contributed by atoms with E-state index in [-0.39, 0.29) is 10.8 Å². The molecule has 0 aliphatic rings. The number of hydrogen-bond donors (Lipinski definition) is 1. The second kappa shape index (κ2) is 5.20. The molecule has 0 saturated carbocycles. The van der Waals surface area contributed by atoms with Crippen LogP contribution in [0.25, 0.3) is 0 Å². The lowest BCUT2D eigenvalue weighted by molar-refractivity contribution is -0.137. The first-order valence-electron chi connectivity index (χ1n) is 5.55. The van der Waals surface area contributed by atoms with Crippen molar-refractivity contribution in [1.29, 1.82) is 0 Å². The van der Waals surface area contributed by atoms with Crippen molar-refractivity contribution in [3.63, 3.8) is 0 Å². The Morgan fingerprint density at radius 3 is 2.50 bits per heavy atom. The summed E-state index contributed by atoms with van der Waals surface area (Å²) in [6.07, 6.45) is -4.54. The van der Waals surface area contributed by atoms with E-state index in [0.29, 0.717) is 17.3 Å². The highest BCUT2D eigenvalue weighted by Gasteiger charge is 2.33. The van der Waals surface area contributed by atoms with E-state index in [2.05, 4.69) is 4.98 Å². The number of nitrogens with zero attached hydrogens (tertiary/aromatic N) is 1. The van der Waals surface area contributed by atoms with Crippen molar-refractivity contribution in [3.8, 4) is 11.5 Å². The Balaban J connectivity index is 2.35. The van der Waals surface area contributed by atoms with Gasteiger partial charge in [0.2, 0.25) is 0 Å². The molecule has 2 N–H and O–H groups in total. The number of nitrogen functional groups attached to an aromatic ring is 1. The Morgan fingerprint density at radius 1 is 1.20 bits per heavy atom. The van der Waals surface area contributed by atoms with Crippen LogP contribution >= 0.6 is 11.6 Å². The van der Waals surface area contributed by atoms with Gasteiger partial charge in [-0.05, 0) is 37.3 Å². The summed E-state index contributed by atoms with van der Waals surface area (Å²) >= 11 is 5.53. The Kier molecular flexibility index (Phi) is 3.76. The zero-order chi connectivity index (χ0) is 14.9. The molecule has 0 spiro atoms. The third-order valence-electron chi connectivity index (χ3n) is 2.53. The topological polar surface area (TPSA) is 48.1 Å². The average molecular weight is 303 g/mol. The van der Waals surface area contributed by atoms with E-state index in [1.54, 1.807) is 13.0 Å². The van der Waals surface area contributed by atoms with Crippen LogP contribution in [0.1, 0.15) is 11.3 Å². The number of alkyl halides is 3. The van der Waals surface area contributed by atoms with Crippen molar-refractivity contribution < 1.29 is 17.9 Å². The highest BCUT2D eigenvalue weighted by Crippen LogP contribution is 2.37. The van der Waals surface area contributed by atoms with Gasteiger partial charge in [-0.25, -0.2) is 4.98 Å². The number of benzene rings is 1. The first kappa shape index (κ1) is 14.5. The standard InChI is InChI=1S/C13H10ClF3N2O/c1-7-11(4-5-12(18)19-7)20-8-2-3-10(14)9(6-8)13(15,16)17/h2-6H,1H3,(H2,18,19). The Hall–Kier alpha value is -1.95. The van der Waals surface area contributed by atoms with Crippen LogP contribution in [0.3, 0.4) is 0 Å². The second-order valence-corrected chi connectivity index (χ2v) is 4.47. The molecule has 0 radical (unpaired) electrons. The summed E-state index contributed by atoms with van der Waals surface area (Å²) in [6, 6.07) is 6.38. The molecular formula is C13H10ClF3N2O. The molecule has 20 heavy (non-hydrogen) atoms. The molecule has 0 aliphatic carbocycles. The second-order valence-electron chi connectivity index (χ2n) is 4.06. The third kappa shape index (κ3) is 3.14.